The number of hydrogen-bond acceptors (Lipinski definition) is 8. The van der Waals surface area contributed by atoms with Crippen molar-refractivity contribution in [2.24, 2.45) is 0 Å². The summed E-state index contributed by atoms with van der Waals surface area (Å²) in [7, 11) is 1.73. The lowest BCUT2D eigenvalue weighted by atomic mass is 10.4. The van der Waals surface area contributed by atoms with Gasteiger partial charge in [0.15, 0.2) is 0 Å². The summed E-state index contributed by atoms with van der Waals surface area (Å²) in [5, 5.41) is 11.6. The molecule has 0 amide bonds. The van der Waals surface area contributed by atoms with Crippen LogP contribution in [-0.4, -0.2) is 66.6 Å². The van der Waals surface area contributed by atoms with E-state index in [4.69, 9.17) is 14.6 Å². The molecule has 0 saturated carbocycles. The summed E-state index contributed by atoms with van der Waals surface area (Å²) in [6.07, 6.45) is 0. The molecule has 1 fully saturated rings. The van der Waals surface area contributed by atoms with E-state index in [0.717, 1.165) is 13.1 Å². The molecular weight excluding hydrogens is 238 g/mol. The molecule has 1 aromatic heterocycles. The number of nitrogens with zero attached hydrogens (tertiary/aromatic N) is 4. The fourth-order valence-electron chi connectivity index (χ4n) is 1.56. The van der Waals surface area contributed by atoms with E-state index >= 15 is 0 Å². The van der Waals surface area contributed by atoms with E-state index in [-0.39, 0.29) is 19.2 Å². The van der Waals surface area contributed by atoms with E-state index in [1.54, 1.807) is 7.05 Å². The van der Waals surface area contributed by atoms with Crippen molar-refractivity contribution in [1.29, 1.82) is 0 Å². The Hall–Kier alpha value is -1.67. The summed E-state index contributed by atoms with van der Waals surface area (Å²) in [6, 6.07) is 0.213. The Morgan fingerprint density at radius 2 is 2.11 bits per heavy atom. The Kier molecular flexibility index (Phi) is 4.48. The second-order valence-corrected chi connectivity index (χ2v) is 3.66. The van der Waals surface area contributed by atoms with Gasteiger partial charge in [-0.25, -0.2) is 0 Å². The Bertz CT molecular complexity index is 384. The molecule has 100 valence electrons. The normalized spacial score (nSPS) is 15.6. The molecule has 0 aromatic carbocycles. The highest BCUT2D eigenvalue weighted by molar-refractivity contribution is 5.38. The molecule has 1 saturated heterocycles. The van der Waals surface area contributed by atoms with Gasteiger partial charge in [0.2, 0.25) is 11.9 Å². The SMILES string of the molecule is CNc1nc(OCCO)nc(N2CCOCC2)n1. The molecule has 8 heteroatoms. The van der Waals surface area contributed by atoms with E-state index in [9.17, 15) is 0 Å². The van der Waals surface area contributed by atoms with E-state index in [1.165, 1.54) is 0 Å². The first kappa shape index (κ1) is 12.8. The van der Waals surface area contributed by atoms with Gasteiger partial charge in [-0.05, 0) is 0 Å². The number of morpholine rings is 1. The Balaban J connectivity index is 2.16. The maximum absolute atomic E-state index is 8.73. The number of nitrogens with one attached hydrogen (secondary N) is 1. The van der Waals surface area contributed by atoms with Crippen molar-refractivity contribution in [3.05, 3.63) is 0 Å². The van der Waals surface area contributed by atoms with Crippen molar-refractivity contribution in [1.82, 2.24) is 15.0 Å². The molecule has 0 spiro atoms. The first-order valence-corrected chi connectivity index (χ1v) is 5.83. The molecule has 0 unspecified atom stereocenters. The smallest absolute Gasteiger partial charge is 0.323 e. The van der Waals surface area contributed by atoms with Gasteiger partial charge in [-0.15, -0.1) is 0 Å². The van der Waals surface area contributed by atoms with Crippen LogP contribution in [0.3, 0.4) is 0 Å². The maximum atomic E-state index is 8.73. The molecule has 0 aliphatic carbocycles. The molecule has 0 bridgehead atoms. The molecule has 1 aliphatic heterocycles. The Labute approximate surface area is 105 Å². The molecule has 1 aliphatic rings. The highest BCUT2D eigenvalue weighted by Crippen LogP contribution is 2.15. The number of anilines is 2. The summed E-state index contributed by atoms with van der Waals surface area (Å²) < 4.78 is 10.5. The number of aromatic nitrogens is 3. The summed E-state index contributed by atoms with van der Waals surface area (Å²) >= 11 is 0. The van der Waals surface area contributed by atoms with Crippen LogP contribution in [0.2, 0.25) is 0 Å². The third kappa shape index (κ3) is 3.17. The van der Waals surface area contributed by atoms with Gasteiger partial charge in [-0.3, -0.25) is 0 Å². The predicted molar refractivity (Wildman–Crippen MR) is 65.0 cm³/mol. The quantitative estimate of drug-likeness (QED) is 0.701. The highest BCUT2D eigenvalue weighted by Gasteiger charge is 2.16. The van der Waals surface area contributed by atoms with Gasteiger partial charge in [0.1, 0.15) is 6.61 Å². The minimum absolute atomic E-state index is 0.0759. The second kappa shape index (κ2) is 6.31. The Morgan fingerprint density at radius 1 is 1.33 bits per heavy atom. The van der Waals surface area contributed by atoms with Crippen LogP contribution < -0.4 is 15.0 Å². The molecule has 2 heterocycles. The predicted octanol–water partition coefficient (Wildman–Crippen LogP) is -0.879. The average molecular weight is 255 g/mol. The van der Waals surface area contributed by atoms with Crippen molar-refractivity contribution in [3.63, 3.8) is 0 Å². The topological polar surface area (TPSA) is 92.6 Å². The zero-order valence-electron chi connectivity index (χ0n) is 10.3. The van der Waals surface area contributed by atoms with Crippen LogP contribution in [0.4, 0.5) is 11.9 Å². The number of rotatable bonds is 5. The number of ether oxygens (including phenoxy) is 2. The van der Waals surface area contributed by atoms with E-state index in [1.807, 2.05) is 4.90 Å². The van der Waals surface area contributed by atoms with Crippen molar-refractivity contribution in [2.75, 3.05) is 56.8 Å². The van der Waals surface area contributed by atoms with E-state index in [0.29, 0.717) is 25.1 Å². The van der Waals surface area contributed by atoms with Crippen molar-refractivity contribution >= 4 is 11.9 Å². The van der Waals surface area contributed by atoms with Gasteiger partial charge in [0.25, 0.3) is 0 Å². The molecular formula is C10H17N5O3. The van der Waals surface area contributed by atoms with Crippen LogP contribution in [-0.2, 0) is 4.74 Å². The third-order valence-electron chi connectivity index (χ3n) is 2.44. The molecule has 18 heavy (non-hydrogen) atoms. The molecule has 2 rings (SSSR count). The fraction of sp³-hybridized carbons (Fsp3) is 0.700. The minimum Gasteiger partial charge on any atom is -0.461 e. The average Bonchev–Trinajstić information content (AvgIpc) is 2.45. The van der Waals surface area contributed by atoms with Gasteiger partial charge in [-0.2, -0.15) is 15.0 Å². The zero-order valence-corrected chi connectivity index (χ0v) is 10.3. The zero-order chi connectivity index (χ0) is 12.8. The standard InChI is InChI=1S/C10H17N5O3/c1-11-8-12-9(15-2-5-17-6-3-15)14-10(13-8)18-7-4-16/h16H,2-7H2,1H3,(H,11,12,13,14). The van der Waals surface area contributed by atoms with Gasteiger partial charge in [0.05, 0.1) is 19.8 Å². The first-order chi connectivity index (χ1) is 8.83. The molecule has 8 nitrogen and oxygen atoms in total. The largest absolute Gasteiger partial charge is 0.461 e. The summed E-state index contributed by atoms with van der Waals surface area (Å²) in [6.45, 7) is 2.89. The summed E-state index contributed by atoms with van der Waals surface area (Å²) in [4.78, 5) is 14.6. The van der Waals surface area contributed by atoms with Crippen LogP contribution in [0.1, 0.15) is 0 Å². The lowest BCUT2D eigenvalue weighted by Crippen LogP contribution is -2.37. The van der Waals surface area contributed by atoms with Crippen molar-refractivity contribution in [2.45, 2.75) is 0 Å². The summed E-state index contributed by atoms with van der Waals surface area (Å²) in [5.74, 6) is 1.00. The van der Waals surface area contributed by atoms with Gasteiger partial charge < -0.3 is 24.8 Å². The Morgan fingerprint density at radius 3 is 2.78 bits per heavy atom. The molecule has 0 radical (unpaired) electrons. The van der Waals surface area contributed by atoms with Crippen LogP contribution in [0, 0.1) is 0 Å². The van der Waals surface area contributed by atoms with Gasteiger partial charge >= 0.3 is 6.01 Å². The van der Waals surface area contributed by atoms with Crippen molar-refractivity contribution < 1.29 is 14.6 Å². The van der Waals surface area contributed by atoms with Gasteiger partial charge in [0, 0.05) is 20.1 Å². The number of aliphatic hydroxyl groups excluding tert-OH is 1. The lowest BCUT2D eigenvalue weighted by molar-refractivity contribution is 0.122. The summed E-state index contributed by atoms with van der Waals surface area (Å²) in [5.41, 5.74) is 0. The minimum atomic E-state index is -0.0759. The van der Waals surface area contributed by atoms with E-state index in [2.05, 4.69) is 20.3 Å². The first-order valence-electron chi connectivity index (χ1n) is 5.83. The van der Waals surface area contributed by atoms with Crippen LogP contribution in [0.15, 0.2) is 0 Å². The highest BCUT2D eigenvalue weighted by atomic mass is 16.5. The molecule has 0 atom stereocenters. The number of aliphatic hydroxyl groups is 1. The fourth-order valence-corrected chi connectivity index (χ4v) is 1.56. The molecule has 1 aromatic rings. The van der Waals surface area contributed by atoms with Crippen LogP contribution >= 0.6 is 0 Å². The molecule has 2 N–H and O–H groups in total. The van der Waals surface area contributed by atoms with Crippen LogP contribution in [0.25, 0.3) is 0 Å². The number of hydrogen-bond donors (Lipinski definition) is 2. The van der Waals surface area contributed by atoms with E-state index < -0.39 is 0 Å². The van der Waals surface area contributed by atoms with Crippen LogP contribution in [0.5, 0.6) is 6.01 Å². The monoisotopic (exact) mass is 255 g/mol. The maximum Gasteiger partial charge on any atom is 0.323 e. The lowest BCUT2D eigenvalue weighted by Gasteiger charge is -2.26. The third-order valence-corrected chi connectivity index (χ3v) is 2.44. The van der Waals surface area contributed by atoms with Crippen molar-refractivity contribution in [3.8, 4) is 6.01 Å². The van der Waals surface area contributed by atoms with Gasteiger partial charge in [-0.1, -0.05) is 0 Å². The second-order valence-electron chi connectivity index (χ2n) is 3.66.